The van der Waals surface area contributed by atoms with Gasteiger partial charge in [0.25, 0.3) is 0 Å². The maximum absolute atomic E-state index is 8.44. The minimum atomic E-state index is 0.730. The van der Waals surface area contributed by atoms with E-state index in [9.17, 15) is 0 Å². The van der Waals surface area contributed by atoms with E-state index in [1.165, 1.54) is 0 Å². The van der Waals surface area contributed by atoms with Crippen LogP contribution in [0, 0.1) is 0 Å². The number of rotatable bonds is 3. The lowest BCUT2D eigenvalue weighted by Crippen LogP contribution is -1.85. The fraction of sp³-hybridized carbons (Fsp3) is 0.200. The van der Waals surface area contributed by atoms with Gasteiger partial charge in [0.2, 0.25) is 0 Å². The van der Waals surface area contributed by atoms with Crippen molar-refractivity contribution < 1.29 is 9.84 Å². The molecule has 2 heteroatoms. The first kappa shape index (κ1) is 8.65. The average molecular weight is 164 g/mol. The normalized spacial score (nSPS) is 10.4. The predicted octanol–water partition coefficient (Wildman–Crippen LogP) is 2.31. The number of aliphatic hydroxyl groups is 1. The van der Waals surface area contributed by atoms with Crippen LogP contribution in [0.2, 0.25) is 0 Å². The summed E-state index contributed by atoms with van der Waals surface area (Å²) in [6, 6.07) is 7.76. The lowest BCUT2D eigenvalue weighted by Gasteiger charge is -2.00. The van der Waals surface area contributed by atoms with Crippen LogP contribution >= 0.6 is 0 Å². The van der Waals surface area contributed by atoms with Gasteiger partial charge in [0.1, 0.15) is 5.75 Å². The Morgan fingerprint density at radius 3 is 3.00 bits per heavy atom. The third-order valence-corrected chi connectivity index (χ3v) is 1.59. The van der Waals surface area contributed by atoms with Gasteiger partial charge in [-0.25, -0.2) is 0 Å². The highest BCUT2D eigenvalue weighted by molar-refractivity contribution is 5.29. The molecule has 12 heavy (non-hydrogen) atoms. The maximum Gasteiger partial charge on any atom is 0.119 e. The molecule has 0 spiro atoms. The van der Waals surface area contributed by atoms with E-state index in [0.29, 0.717) is 0 Å². The minimum absolute atomic E-state index is 0.730. The number of hydrogen-bond acceptors (Lipinski definition) is 2. The van der Waals surface area contributed by atoms with Crippen LogP contribution in [0.25, 0.3) is 0 Å². The summed E-state index contributed by atoms with van der Waals surface area (Å²) in [5.41, 5.74) is 1.12. The molecule has 0 atom stereocenters. The summed E-state index contributed by atoms with van der Waals surface area (Å²) in [6.45, 7) is 0. The Bertz CT molecular complexity index is 266. The topological polar surface area (TPSA) is 29.5 Å². The molecule has 0 bridgehead atoms. The molecule has 1 N–H and O–H groups in total. The molecule has 0 saturated carbocycles. The third-order valence-electron chi connectivity index (χ3n) is 1.59. The Balaban J connectivity index is 2.72. The maximum atomic E-state index is 8.44. The highest BCUT2D eigenvalue weighted by Crippen LogP contribution is 2.12. The van der Waals surface area contributed by atoms with Gasteiger partial charge in [-0.3, -0.25) is 0 Å². The largest absolute Gasteiger partial charge is 0.516 e. The molecular weight excluding hydrogens is 152 g/mol. The van der Waals surface area contributed by atoms with Crippen molar-refractivity contribution in [1.82, 2.24) is 0 Å². The fourth-order valence-electron chi connectivity index (χ4n) is 0.988. The Hall–Kier alpha value is -1.44. The van der Waals surface area contributed by atoms with Crippen LogP contribution in [-0.2, 0) is 6.42 Å². The smallest absolute Gasteiger partial charge is 0.119 e. The summed E-state index contributed by atoms with van der Waals surface area (Å²) in [4.78, 5) is 0. The molecule has 64 valence electrons. The van der Waals surface area contributed by atoms with Crippen LogP contribution in [0.5, 0.6) is 5.75 Å². The SMILES string of the molecule is COc1cccc(CC=CO)c1. The molecular formula is C10H12O2. The van der Waals surface area contributed by atoms with Gasteiger partial charge in [0.05, 0.1) is 13.4 Å². The van der Waals surface area contributed by atoms with E-state index >= 15 is 0 Å². The minimum Gasteiger partial charge on any atom is -0.516 e. The van der Waals surface area contributed by atoms with E-state index in [4.69, 9.17) is 9.84 Å². The lowest BCUT2D eigenvalue weighted by atomic mass is 10.1. The first-order valence-corrected chi connectivity index (χ1v) is 3.79. The van der Waals surface area contributed by atoms with Gasteiger partial charge < -0.3 is 9.84 Å². The van der Waals surface area contributed by atoms with Crippen molar-refractivity contribution in [3.8, 4) is 5.75 Å². The second kappa shape index (κ2) is 4.44. The van der Waals surface area contributed by atoms with Crippen molar-refractivity contribution >= 4 is 0 Å². The van der Waals surface area contributed by atoms with E-state index < -0.39 is 0 Å². The zero-order chi connectivity index (χ0) is 8.81. The Morgan fingerprint density at radius 2 is 2.33 bits per heavy atom. The molecule has 0 amide bonds. The molecule has 0 fully saturated rings. The van der Waals surface area contributed by atoms with E-state index in [-0.39, 0.29) is 0 Å². The van der Waals surface area contributed by atoms with Crippen molar-refractivity contribution in [2.75, 3.05) is 7.11 Å². The summed E-state index contributed by atoms with van der Waals surface area (Å²) < 4.78 is 5.05. The molecule has 0 aliphatic carbocycles. The Labute approximate surface area is 72.1 Å². The second-order valence-corrected chi connectivity index (χ2v) is 2.44. The Morgan fingerprint density at radius 1 is 1.50 bits per heavy atom. The number of aliphatic hydroxyl groups excluding tert-OH is 1. The molecule has 0 aliphatic heterocycles. The summed E-state index contributed by atoms with van der Waals surface area (Å²) in [5.74, 6) is 0.846. The van der Waals surface area contributed by atoms with Gasteiger partial charge >= 0.3 is 0 Å². The standard InChI is InChI=1S/C10H12O2/c1-12-10-6-2-4-9(8-10)5-3-7-11/h2-4,6-8,11H,5H2,1H3. The van der Waals surface area contributed by atoms with Gasteiger partial charge in [0.15, 0.2) is 0 Å². The summed E-state index contributed by atoms with van der Waals surface area (Å²) in [6.07, 6.45) is 3.47. The van der Waals surface area contributed by atoms with Gasteiger partial charge in [-0.1, -0.05) is 12.1 Å². The van der Waals surface area contributed by atoms with Gasteiger partial charge in [0, 0.05) is 0 Å². The van der Waals surface area contributed by atoms with Gasteiger partial charge in [-0.2, -0.15) is 0 Å². The van der Waals surface area contributed by atoms with Crippen LogP contribution in [0.3, 0.4) is 0 Å². The van der Waals surface area contributed by atoms with Crippen LogP contribution in [0.1, 0.15) is 5.56 Å². The summed E-state index contributed by atoms with van der Waals surface area (Å²) in [7, 11) is 1.64. The van der Waals surface area contributed by atoms with Crippen molar-refractivity contribution in [1.29, 1.82) is 0 Å². The average Bonchev–Trinajstić information content (AvgIpc) is 2.15. The highest BCUT2D eigenvalue weighted by atomic mass is 16.5. The Kier molecular flexibility index (Phi) is 3.20. The highest BCUT2D eigenvalue weighted by Gasteiger charge is 1.92. The molecule has 0 aromatic heterocycles. The number of benzene rings is 1. The molecule has 0 radical (unpaired) electrons. The summed E-state index contributed by atoms with van der Waals surface area (Å²) >= 11 is 0. The van der Waals surface area contributed by atoms with Crippen LogP contribution in [0.15, 0.2) is 36.6 Å². The fourth-order valence-corrected chi connectivity index (χ4v) is 0.988. The lowest BCUT2D eigenvalue weighted by molar-refractivity contribution is 0.414. The van der Waals surface area contributed by atoms with E-state index in [1.807, 2.05) is 24.3 Å². The summed E-state index contributed by atoms with van der Waals surface area (Å²) in [5, 5.41) is 8.44. The van der Waals surface area contributed by atoms with Crippen molar-refractivity contribution in [2.24, 2.45) is 0 Å². The number of ether oxygens (including phenoxy) is 1. The van der Waals surface area contributed by atoms with Crippen LogP contribution in [-0.4, -0.2) is 12.2 Å². The monoisotopic (exact) mass is 164 g/mol. The van der Waals surface area contributed by atoms with Gasteiger partial charge in [-0.05, 0) is 30.2 Å². The molecule has 1 rings (SSSR count). The molecule has 1 aromatic rings. The quantitative estimate of drug-likeness (QED) is 0.694. The number of methoxy groups -OCH3 is 1. The van der Waals surface area contributed by atoms with Gasteiger partial charge in [-0.15, -0.1) is 0 Å². The van der Waals surface area contributed by atoms with Crippen LogP contribution in [0.4, 0.5) is 0 Å². The van der Waals surface area contributed by atoms with Crippen molar-refractivity contribution in [3.63, 3.8) is 0 Å². The second-order valence-electron chi connectivity index (χ2n) is 2.44. The van der Waals surface area contributed by atoms with E-state index in [1.54, 1.807) is 13.2 Å². The van der Waals surface area contributed by atoms with Crippen molar-refractivity contribution in [2.45, 2.75) is 6.42 Å². The first-order chi connectivity index (χ1) is 5.86. The molecule has 2 nitrogen and oxygen atoms in total. The van der Waals surface area contributed by atoms with Crippen molar-refractivity contribution in [3.05, 3.63) is 42.2 Å². The van der Waals surface area contributed by atoms with E-state index in [0.717, 1.165) is 24.0 Å². The van der Waals surface area contributed by atoms with E-state index in [2.05, 4.69) is 0 Å². The zero-order valence-electron chi connectivity index (χ0n) is 7.03. The predicted molar refractivity (Wildman–Crippen MR) is 48.5 cm³/mol. The molecule has 0 saturated heterocycles. The molecule has 0 aliphatic rings. The number of allylic oxidation sites excluding steroid dienone is 1. The third kappa shape index (κ3) is 2.31. The molecule has 1 aromatic carbocycles. The van der Waals surface area contributed by atoms with Crippen LogP contribution < -0.4 is 4.74 Å². The molecule has 0 unspecified atom stereocenters. The first-order valence-electron chi connectivity index (χ1n) is 3.79. The zero-order valence-corrected chi connectivity index (χ0v) is 7.03. The molecule has 0 heterocycles. The number of hydrogen-bond donors (Lipinski definition) is 1.